The van der Waals surface area contributed by atoms with E-state index in [0.717, 1.165) is 17.8 Å². The maximum atomic E-state index is 3.94. The Balaban J connectivity index is 1.55. The third-order valence-corrected chi connectivity index (χ3v) is 5.35. The molecular formula is C20H31N. The van der Waals surface area contributed by atoms with Gasteiger partial charge in [-0.25, -0.2) is 0 Å². The van der Waals surface area contributed by atoms with Crippen molar-refractivity contribution in [1.82, 2.24) is 5.32 Å². The molecule has 2 aliphatic carbocycles. The largest absolute Gasteiger partial charge is 0.310 e. The second-order valence-corrected chi connectivity index (χ2v) is 7.21. The molecule has 1 atom stereocenters. The molecule has 0 amide bonds. The number of hydrogen-bond donors (Lipinski definition) is 1. The minimum absolute atomic E-state index is 0.567. The minimum Gasteiger partial charge on any atom is -0.310 e. The Labute approximate surface area is 130 Å². The summed E-state index contributed by atoms with van der Waals surface area (Å²) in [6, 6.07) is 11.7. The summed E-state index contributed by atoms with van der Waals surface area (Å²) in [6.45, 7) is 3.54. The lowest BCUT2D eigenvalue weighted by Crippen LogP contribution is -2.29. The first-order valence-corrected chi connectivity index (χ1v) is 9.16. The Morgan fingerprint density at radius 1 is 1.00 bits per heavy atom. The molecular weight excluding hydrogens is 254 g/mol. The maximum Gasteiger partial charge on any atom is 0.0320 e. The van der Waals surface area contributed by atoms with E-state index in [2.05, 4.69) is 42.6 Å². The van der Waals surface area contributed by atoms with Crippen LogP contribution in [0.5, 0.6) is 0 Å². The van der Waals surface area contributed by atoms with Crippen LogP contribution in [0, 0.1) is 17.8 Å². The molecule has 0 radical (unpaired) electrons. The van der Waals surface area contributed by atoms with Crippen LogP contribution in [0.3, 0.4) is 0 Å². The van der Waals surface area contributed by atoms with E-state index in [1.165, 1.54) is 63.5 Å². The molecule has 2 fully saturated rings. The van der Waals surface area contributed by atoms with Gasteiger partial charge in [-0.05, 0) is 62.0 Å². The average Bonchev–Trinajstić information content (AvgIpc) is 3.39. The average molecular weight is 285 g/mol. The smallest absolute Gasteiger partial charge is 0.0320 e. The molecule has 1 unspecified atom stereocenters. The third kappa shape index (κ3) is 4.57. The van der Waals surface area contributed by atoms with Gasteiger partial charge in [-0.2, -0.15) is 0 Å². The third-order valence-electron chi connectivity index (χ3n) is 5.35. The molecule has 0 bridgehead atoms. The Morgan fingerprint density at radius 2 is 1.67 bits per heavy atom. The highest BCUT2D eigenvalue weighted by molar-refractivity contribution is 5.18. The summed E-state index contributed by atoms with van der Waals surface area (Å²) in [7, 11) is 0. The second-order valence-electron chi connectivity index (χ2n) is 7.21. The van der Waals surface area contributed by atoms with Crippen molar-refractivity contribution in [3.05, 3.63) is 35.9 Å². The molecule has 0 aromatic heterocycles. The molecule has 2 aliphatic rings. The van der Waals surface area contributed by atoms with Gasteiger partial charge in [0.05, 0.1) is 0 Å². The van der Waals surface area contributed by atoms with Crippen molar-refractivity contribution in [2.45, 2.75) is 64.3 Å². The summed E-state index contributed by atoms with van der Waals surface area (Å²) in [5.41, 5.74) is 1.49. The summed E-state index contributed by atoms with van der Waals surface area (Å²) in [4.78, 5) is 0. The van der Waals surface area contributed by atoms with E-state index in [4.69, 9.17) is 0 Å². The van der Waals surface area contributed by atoms with E-state index in [9.17, 15) is 0 Å². The quantitative estimate of drug-likeness (QED) is 0.573. The number of benzene rings is 1. The normalized spacial score (nSPS) is 19.9. The van der Waals surface area contributed by atoms with Crippen LogP contribution in [0.25, 0.3) is 0 Å². The minimum atomic E-state index is 0.567. The van der Waals surface area contributed by atoms with Crippen LogP contribution >= 0.6 is 0 Å². The van der Waals surface area contributed by atoms with Crippen molar-refractivity contribution in [1.29, 1.82) is 0 Å². The van der Waals surface area contributed by atoms with E-state index in [1.807, 2.05) is 0 Å². The molecule has 2 saturated carbocycles. The molecule has 1 N–H and O–H groups in total. The summed E-state index contributed by atoms with van der Waals surface area (Å²) >= 11 is 0. The van der Waals surface area contributed by atoms with Crippen LogP contribution < -0.4 is 5.32 Å². The first-order valence-electron chi connectivity index (χ1n) is 9.16. The number of hydrogen-bond acceptors (Lipinski definition) is 1. The topological polar surface area (TPSA) is 12.0 Å². The Bertz CT molecular complexity index is 393. The fourth-order valence-corrected chi connectivity index (χ4v) is 3.72. The van der Waals surface area contributed by atoms with Crippen molar-refractivity contribution in [2.24, 2.45) is 17.8 Å². The van der Waals surface area contributed by atoms with Crippen LogP contribution in [-0.4, -0.2) is 6.54 Å². The lowest BCUT2D eigenvalue weighted by molar-refractivity contribution is 0.346. The van der Waals surface area contributed by atoms with Gasteiger partial charge in [0.15, 0.2) is 0 Å². The highest BCUT2D eigenvalue weighted by atomic mass is 14.9. The zero-order chi connectivity index (χ0) is 14.5. The Kier molecular flexibility index (Phi) is 5.35. The van der Waals surface area contributed by atoms with E-state index >= 15 is 0 Å². The number of nitrogens with one attached hydrogen (secondary N) is 1. The second kappa shape index (κ2) is 7.45. The predicted molar refractivity (Wildman–Crippen MR) is 90.3 cm³/mol. The van der Waals surface area contributed by atoms with Gasteiger partial charge in [0.25, 0.3) is 0 Å². The fraction of sp³-hybridized carbons (Fsp3) is 0.700. The van der Waals surface area contributed by atoms with E-state index in [1.54, 1.807) is 0 Å². The highest BCUT2D eigenvalue weighted by Crippen LogP contribution is 2.49. The van der Waals surface area contributed by atoms with Gasteiger partial charge in [0.2, 0.25) is 0 Å². The van der Waals surface area contributed by atoms with Crippen molar-refractivity contribution >= 4 is 0 Å². The fourth-order valence-electron chi connectivity index (χ4n) is 3.72. The molecule has 1 aromatic rings. The van der Waals surface area contributed by atoms with Crippen LogP contribution in [0.1, 0.15) is 69.9 Å². The van der Waals surface area contributed by atoms with Crippen LogP contribution in [0.2, 0.25) is 0 Å². The van der Waals surface area contributed by atoms with Gasteiger partial charge < -0.3 is 5.32 Å². The molecule has 1 aromatic carbocycles. The molecule has 116 valence electrons. The molecule has 0 spiro atoms. The van der Waals surface area contributed by atoms with Gasteiger partial charge >= 0.3 is 0 Å². The van der Waals surface area contributed by atoms with E-state index in [-0.39, 0.29) is 0 Å². The van der Waals surface area contributed by atoms with Crippen LogP contribution in [0.15, 0.2) is 30.3 Å². The molecule has 3 rings (SSSR count). The molecule has 1 heteroatoms. The molecule has 0 saturated heterocycles. The standard InChI is InChI=1S/C20H31N/c1-2-3-5-10-20(18-8-6-4-7-9-18)21-15-19(16-11-12-16)17-13-14-17/h4,6-9,16-17,19-21H,2-3,5,10-15H2,1H3. The zero-order valence-electron chi connectivity index (χ0n) is 13.6. The molecule has 21 heavy (non-hydrogen) atoms. The Morgan fingerprint density at radius 3 is 2.24 bits per heavy atom. The summed E-state index contributed by atoms with van der Waals surface area (Å²) in [6.07, 6.45) is 11.3. The van der Waals surface area contributed by atoms with E-state index in [0.29, 0.717) is 6.04 Å². The van der Waals surface area contributed by atoms with Gasteiger partial charge in [-0.1, -0.05) is 56.5 Å². The van der Waals surface area contributed by atoms with Gasteiger partial charge in [0.1, 0.15) is 0 Å². The van der Waals surface area contributed by atoms with E-state index < -0.39 is 0 Å². The highest BCUT2D eigenvalue weighted by Gasteiger charge is 2.41. The van der Waals surface area contributed by atoms with Gasteiger partial charge in [-0.15, -0.1) is 0 Å². The van der Waals surface area contributed by atoms with Crippen LogP contribution in [0.4, 0.5) is 0 Å². The van der Waals surface area contributed by atoms with Gasteiger partial charge in [0, 0.05) is 6.04 Å². The summed E-state index contributed by atoms with van der Waals surface area (Å²) in [5, 5.41) is 3.94. The molecule has 0 aliphatic heterocycles. The number of unbranched alkanes of at least 4 members (excludes halogenated alkanes) is 2. The van der Waals surface area contributed by atoms with Crippen molar-refractivity contribution in [3.8, 4) is 0 Å². The van der Waals surface area contributed by atoms with Crippen molar-refractivity contribution in [3.63, 3.8) is 0 Å². The Hall–Kier alpha value is -0.820. The van der Waals surface area contributed by atoms with Crippen molar-refractivity contribution in [2.75, 3.05) is 6.54 Å². The first kappa shape index (κ1) is 15.1. The predicted octanol–water partition coefficient (Wildman–Crippen LogP) is 5.33. The zero-order valence-corrected chi connectivity index (χ0v) is 13.6. The summed E-state index contributed by atoms with van der Waals surface area (Å²) < 4.78 is 0. The molecule has 0 heterocycles. The first-order chi connectivity index (χ1) is 10.4. The lowest BCUT2D eigenvalue weighted by atomic mass is 9.95. The number of rotatable bonds is 10. The summed E-state index contributed by atoms with van der Waals surface area (Å²) in [5.74, 6) is 3.08. The van der Waals surface area contributed by atoms with Crippen molar-refractivity contribution < 1.29 is 0 Å². The van der Waals surface area contributed by atoms with Gasteiger partial charge in [-0.3, -0.25) is 0 Å². The maximum absolute atomic E-state index is 3.94. The van der Waals surface area contributed by atoms with Crippen LogP contribution in [-0.2, 0) is 0 Å². The SMILES string of the molecule is CCCCCC(NCC(C1CC1)C1CC1)c1ccccc1. The molecule has 1 nitrogen and oxygen atoms in total. The monoisotopic (exact) mass is 285 g/mol. The lowest BCUT2D eigenvalue weighted by Gasteiger charge is -2.23.